The predicted octanol–water partition coefficient (Wildman–Crippen LogP) is 0.939. The molecular formula is C7H12N4. The minimum absolute atomic E-state index is 0.603. The summed E-state index contributed by atoms with van der Waals surface area (Å²) < 4.78 is 0. The van der Waals surface area contributed by atoms with E-state index in [-0.39, 0.29) is 0 Å². The molecule has 0 bridgehead atoms. The highest BCUT2D eigenvalue weighted by Crippen LogP contribution is 1.95. The number of rotatable bonds is 3. The molecule has 0 saturated carbocycles. The van der Waals surface area contributed by atoms with Gasteiger partial charge in [-0.25, -0.2) is 15.0 Å². The Labute approximate surface area is 66.1 Å². The first kappa shape index (κ1) is 7.91. The molecule has 0 unspecified atom stereocenters. The molecular weight excluding hydrogens is 140 g/mol. The molecule has 1 N–H and O–H groups in total. The van der Waals surface area contributed by atoms with Gasteiger partial charge < -0.3 is 5.32 Å². The molecule has 0 fully saturated rings. The third-order valence-corrected chi connectivity index (χ3v) is 1.16. The van der Waals surface area contributed by atoms with Gasteiger partial charge in [-0.05, 0) is 5.92 Å². The summed E-state index contributed by atoms with van der Waals surface area (Å²) >= 11 is 0. The second-order valence-corrected chi connectivity index (χ2v) is 2.74. The first-order valence-corrected chi connectivity index (χ1v) is 3.65. The average molecular weight is 152 g/mol. The minimum Gasteiger partial charge on any atom is -0.354 e. The van der Waals surface area contributed by atoms with Crippen molar-refractivity contribution in [3.8, 4) is 0 Å². The molecule has 1 heterocycles. The van der Waals surface area contributed by atoms with Crippen LogP contribution >= 0.6 is 0 Å². The molecule has 0 atom stereocenters. The highest BCUT2D eigenvalue weighted by molar-refractivity contribution is 5.20. The van der Waals surface area contributed by atoms with Gasteiger partial charge in [0.05, 0.1) is 0 Å². The Morgan fingerprint density at radius 2 is 2.00 bits per heavy atom. The number of hydrogen-bond acceptors (Lipinski definition) is 4. The third kappa shape index (κ3) is 2.93. The summed E-state index contributed by atoms with van der Waals surface area (Å²) in [5.74, 6) is 1.25. The van der Waals surface area contributed by atoms with Crippen LogP contribution in [-0.2, 0) is 0 Å². The first-order valence-electron chi connectivity index (χ1n) is 3.65. The Morgan fingerprint density at radius 1 is 1.36 bits per heavy atom. The highest BCUT2D eigenvalue weighted by atomic mass is 15.1. The Hall–Kier alpha value is -1.19. The van der Waals surface area contributed by atoms with Crippen molar-refractivity contribution in [1.29, 1.82) is 0 Å². The van der Waals surface area contributed by atoms with Gasteiger partial charge in [0.25, 0.3) is 0 Å². The molecule has 4 nitrogen and oxygen atoms in total. The third-order valence-electron chi connectivity index (χ3n) is 1.16. The minimum atomic E-state index is 0.603. The van der Waals surface area contributed by atoms with Gasteiger partial charge in [0, 0.05) is 6.54 Å². The monoisotopic (exact) mass is 152 g/mol. The molecule has 0 aromatic carbocycles. The molecule has 0 amide bonds. The van der Waals surface area contributed by atoms with Crippen molar-refractivity contribution >= 4 is 5.95 Å². The summed E-state index contributed by atoms with van der Waals surface area (Å²) in [4.78, 5) is 11.5. The van der Waals surface area contributed by atoms with Gasteiger partial charge in [0.15, 0.2) is 0 Å². The van der Waals surface area contributed by atoms with Crippen LogP contribution in [0.15, 0.2) is 12.7 Å². The number of nitrogens with zero attached hydrogens (tertiary/aromatic N) is 3. The van der Waals surface area contributed by atoms with Gasteiger partial charge in [0.2, 0.25) is 5.95 Å². The van der Waals surface area contributed by atoms with E-state index in [1.807, 2.05) is 0 Å². The van der Waals surface area contributed by atoms with Crippen LogP contribution in [0.1, 0.15) is 13.8 Å². The fourth-order valence-electron chi connectivity index (χ4n) is 0.626. The zero-order valence-corrected chi connectivity index (χ0v) is 6.78. The van der Waals surface area contributed by atoms with Crippen molar-refractivity contribution in [3.05, 3.63) is 12.7 Å². The van der Waals surface area contributed by atoms with E-state index in [0.29, 0.717) is 11.9 Å². The number of nitrogens with one attached hydrogen (secondary N) is 1. The van der Waals surface area contributed by atoms with Gasteiger partial charge in [0.1, 0.15) is 12.7 Å². The van der Waals surface area contributed by atoms with Gasteiger partial charge in [-0.2, -0.15) is 0 Å². The van der Waals surface area contributed by atoms with Gasteiger partial charge in [-0.1, -0.05) is 13.8 Å². The van der Waals surface area contributed by atoms with Crippen LogP contribution in [0.2, 0.25) is 0 Å². The van der Waals surface area contributed by atoms with Crippen molar-refractivity contribution in [2.24, 2.45) is 5.92 Å². The lowest BCUT2D eigenvalue weighted by molar-refractivity contribution is 0.684. The van der Waals surface area contributed by atoms with Gasteiger partial charge in [-0.15, -0.1) is 0 Å². The normalized spacial score (nSPS) is 10.1. The van der Waals surface area contributed by atoms with E-state index in [2.05, 4.69) is 34.1 Å². The van der Waals surface area contributed by atoms with E-state index >= 15 is 0 Å². The van der Waals surface area contributed by atoms with Gasteiger partial charge >= 0.3 is 0 Å². The largest absolute Gasteiger partial charge is 0.354 e. The molecule has 60 valence electrons. The summed E-state index contributed by atoms with van der Waals surface area (Å²) in [7, 11) is 0. The Kier molecular flexibility index (Phi) is 2.77. The number of hydrogen-bond donors (Lipinski definition) is 1. The van der Waals surface area contributed by atoms with E-state index in [4.69, 9.17) is 0 Å². The Morgan fingerprint density at radius 3 is 2.55 bits per heavy atom. The lowest BCUT2D eigenvalue weighted by Crippen LogP contribution is -2.10. The molecule has 0 aliphatic rings. The SMILES string of the molecule is CC(C)CNc1ncncn1. The molecule has 0 spiro atoms. The van der Waals surface area contributed by atoms with E-state index in [0.717, 1.165) is 6.54 Å². The Bertz CT molecular complexity index is 197. The van der Waals surface area contributed by atoms with Crippen molar-refractivity contribution < 1.29 is 0 Å². The van der Waals surface area contributed by atoms with Crippen LogP contribution in [0.25, 0.3) is 0 Å². The molecule has 0 aliphatic carbocycles. The van der Waals surface area contributed by atoms with Crippen molar-refractivity contribution in [3.63, 3.8) is 0 Å². The molecule has 0 aliphatic heterocycles. The zero-order valence-electron chi connectivity index (χ0n) is 6.78. The summed E-state index contributed by atoms with van der Waals surface area (Å²) in [5, 5.41) is 3.08. The highest BCUT2D eigenvalue weighted by Gasteiger charge is 1.94. The summed E-state index contributed by atoms with van der Waals surface area (Å²) in [6.07, 6.45) is 2.96. The van der Waals surface area contributed by atoms with Crippen LogP contribution in [-0.4, -0.2) is 21.5 Å². The molecule has 0 radical (unpaired) electrons. The lowest BCUT2D eigenvalue weighted by atomic mass is 10.2. The molecule has 0 saturated heterocycles. The molecule has 11 heavy (non-hydrogen) atoms. The Balaban J connectivity index is 2.39. The molecule has 1 aromatic rings. The smallest absolute Gasteiger partial charge is 0.225 e. The predicted molar refractivity (Wildman–Crippen MR) is 43.2 cm³/mol. The summed E-state index contributed by atoms with van der Waals surface area (Å²) in [5.41, 5.74) is 0. The summed E-state index contributed by atoms with van der Waals surface area (Å²) in [6.45, 7) is 5.16. The van der Waals surface area contributed by atoms with Crippen LogP contribution in [0.4, 0.5) is 5.95 Å². The topological polar surface area (TPSA) is 50.7 Å². The maximum absolute atomic E-state index is 3.92. The first-order chi connectivity index (χ1) is 5.29. The second kappa shape index (κ2) is 3.85. The zero-order chi connectivity index (χ0) is 8.10. The number of aromatic nitrogens is 3. The summed E-state index contributed by atoms with van der Waals surface area (Å²) in [6, 6.07) is 0. The van der Waals surface area contributed by atoms with Crippen LogP contribution in [0, 0.1) is 5.92 Å². The van der Waals surface area contributed by atoms with Crippen molar-refractivity contribution in [1.82, 2.24) is 15.0 Å². The quantitative estimate of drug-likeness (QED) is 0.700. The fraction of sp³-hybridized carbons (Fsp3) is 0.571. The maximum Gasteiger partial charge on any atom is 0.225 e. The molecule has 4 heteroatoms. The molecule has 1 aromatic heterocycles. The fourth-order valence-corrected chi connectivity index (χ4v) is 0.626. The maximum atomic E-state index is 3.92. The van der Waals surface area contributed by atoms with E-state index in [9.17, 15) is 0 Å². The van der Waals surface area contributed by atoms with Crippen LogP contribution in [0.3, 0.4) is 0 Å². The standard InChI is InChI=1S/C7H12N4/c1-6(2)3-9-7-10-4-8-5-11-7/h4-6H,3H2,1-2H3,(H,8,9,10,11). The average Bonchev–Trinajstić information content (AvgIpc) is 2.03. The second-order valence-electron chi connectivity index (χ2n) is 2.74. The van der Waals surface area contributed by atoms with E-state index in [1.54, 1.807) is 0 Å². The van der Waals surface area contributed by atoms with E-state index < -0.39 is 0 Å². The lowest BCUT2D eigenvalue weighted by Gasteiger charge is -2.05. The number of anilines is 1. The molecule has 1 rings (SSSR count). The van der Waals surface area contributed by atoms with E-state index in [1.165, 1.54) is 12.7 Å². The van der Waals surface area contributed by atoms with Crippen molar-refractivity contribution in [2.75, 3.05) is 11.9 Å². The van der Waals surface area contributed by atoms with Crippen LogP contribution < -0.4 is 5.32 Å². The van der Waals surface area contributed by atoms with Crippen molar-refractivity contribution in [2.45, 2.75) is 13.8 Å². The van der Waals surface area contributed by atoms with Gasteiger partial charge in [-0.3, -0.25) is 0 Å². The van der Waals surface area contributed by atoms with Crippen LogP contribution in [0.5, 0.6) is 0 Å².